The molecule has 4 nitrogen and oxygen atoms in total. The maximum absolute atomic E-state index is 12.8. The van der Waals surface area contributed by atoms with E-state index in [0.29, 0.717) is 9.23 Å². The van der Waals surface area contributed by atoms with Crippen LogP contribution in [0.25, 0.3) is 6.08 Å². The van der Waals surface area contributed by atoms with Gasteiger partial charge in [-0.2, -0.15) is 0 Å². The third-order valence-corrected chi connectivity index (χ3v) is 6.52. The molecule has 1 aromatic rings. The lowest BCUT2D eigenvalue weighted by Crippen LogP contribution is -2.48. The summed E-state index contributed by atoms with van der Waals surface area (Å²) in [5, 5.41) is 0. The molecule has 1 atom stereocenters. The Balaban J connectivity index is 1.69. The topological polar surface area (TPSA) is 40.6 Å². The number of benzene rings is 1. The van der Waals surface area contributed by atoms with Crippen LogP contribution >= 0.6 is 24.0 Å². The number of piperidine rings is 1. The smallest absolute Gasteiger partial charge is 0.266 e. The Kier molecular flexibility index (Phi) is 7.08. The van der Waals surface area contributed by atoms with Gasteiger partial charge in [-0.15, -0.1) is 0 Å². The second-order valence-corrected chi connectivity index (χ2v) is 8.89. The summed E-state index contributed by atoms with van der Waals surface area (Å²) in [6, 6.07) is 10.3. The Morgan fingerprint density at radius 1 is 1.29 bits per heavy atom. The molecule has 3 rings (SSSR count). The van der Waals surface area contributed by atoms with E-state index in [1.54, 1.807) is 0 Å². The van der Waals surface area contributed by atoms with Crippen LogP contribution in [-0.2, 0) is 9.59 Å². The van der Waals surface area contributed by atoms with Crippen LogP contribution in [0.4, 0.5) is 0 Å². The number of carbonyl (C=O) groups is 2. The molecule has 2 saturated heterocycles. The Morgan fingerprint density at radius 2 is 2.04 bits per heavy atom. The van der Waals surface area contributed by atoms with Crippen LogP contribution < -0.4 is 0 Å². The highest BCUT2D eigenvalue weighted by atomic mass is 32.2. The van der Waals surface area contributed by atoms with Crippen LogP contribution in [0.3, 0.4) is 0 Å². The first-order chi connectivity index (χ1) is 13.5. The van der Waals surface area contributed by atoms with Crippen molar-refractivity contribution >= 4 is 46.2 Å². The van der Waals surface area contributed by atoms with Gasteiger partial charge >= 0.3 is 0 Å². The van der Waals surface area contributed by atoms with Gasteiger partial charge in [-0.3, -0.25) is 14.5 Å². The van der Waals surface area contributed by atoms with Crippen LogP contribution in [0.5, 0.6) is 0 Å². The van der Waals surface area contributed by atoms with Gasteiger partial charge in [0.15, 0.2) is 0 Å². The molecular weight excluding hydrogens is 388 g/mol. The van der Waals surface area contributed by atoms with E-state index in [0.717, 1.165) is 36.9 Å². The van der Waals surface area contributed by atoms with Gasteiger partial charge in [0.1, 0.15) is 10.9 Å². The Hall–Kier alpha value is -1.92. The molecule has 0 saturated carbocycles. The summed E-state index contributed by atoms with van der Waals surface area (Å²) in [4.78, 5) is 29.6. The predicted molar refractivity (Wildman–Crippen MR) is 120 cm³/mol. The lowest BCUT2D eigenvalue weighted by molar-refractivity contribution is -0.138. The van der Waals surface area contributed by atoms with E-state index >= 15 is 0 Å². The molecule has 1 aromatic carbocycles. The van der Waals surface area contributed by atoms with E-state index in [1.807, 2.05) is 54.3 Å². The summed E-state index contributed by atoms with van der Waals surface area (Å²) in [6.45, 7) is 4.89. The molecule has 0 N–H and O–H groups in total. The van der Waals surface area contributed by atoms with Gasteiger partial charge < -0.3 is 4.90 Å². The molecule has 0 aliphatic carbocycles. The highest BCUT2D eigenvalue weighted by Gasteiger charge is 2.35. The third kappa shape index (κ3) is 4.92. The van der Waals surface area contributed by atoms with E-state index in [9.17, 15) is 9.59 Å². The maximum Gasteiger partial charge on any atom is 0.266 e. The summed E-state index contributed by atoms with van der Waals surface area (Å²) < 4.78 is 0.460. The molecule has 28 heavy (non-hydrogen) atoms. The number of hydrogen-bond acceptors (Lipinski definition) is 4. The molecule has 6 heteroatoms. The zero-order valence-corrected chi connectivity index (χ0v) is 18.0. The highest BCUT2D eigenvalue weighted by Crippen LogP contribution is 2.32. The van der Waals surface area contributed by atoms with E-state index < -0.39 is 0 Å². The van der Waals surface area contributed by atoms with Crippen molar-refractivity contribution in [2.24, 2.45) is 0 Å². The first kappa shape index (κ1) is 20.8. The molecule has 2 fully saturated rings. The number of amides is 2. The Labute approximate surface area is 176 Å². The number of hydrogen-bond donors (Lipinski definition) is 0. The first-order valence-corrected chi connectivity index (χ1v) is 11.0. The number of nitrogens with zero attached hydrogens (tertiary/aromatic N) is 2. The largest absolute Gasteiger partial charge is 0.338 e. The molecule has 2 aliphatic heterocycles. The number of likely N-dealkylation sites (tertiary alicyclic amines) is 1. The molecule has 0 bridgehead atoms. The lowest BCUT2D eigenvalue weighted by atomic mass is 10.00. The first-order valence-electron chi connectivity index (χ1n) is 9.77. The van der Waals surface area contributed by atoms with Crippen molar-refractivity contribution < 1.29 is 9.59 Å². The summed E-state index contributed by atoms with van der Waals surface area (Å²) in [6.07, 6.45) is 8.07. The van der Waals surface area contributed by atoms with E-state index in [2.05, 4.69) is 6.92 Å². The monoisotopic (exact) mass is 414 g/mol. The van der Waals surface area contributed by atoms with Crippen molar-refractivity contribution in [2.45, 2.75) is 45.6 Å². The number of carbonyl (C=O) groups excluding carboxylic acids is 2. The van der Waals surface area contributed by atoms with E-state index in [1.165, 1.54) is 23.1 Å². The van der Waals surface area contributed by atoms with Gasteiger partial charge in [-0.05, 0) is 49.8 Å². The average Bonchev–Trinajstić information content (AvgIpc) is 2.95. The second kappa shape index (κ2) is 9.52. The Morgan fingerprint density at radius 3 is 2.75 bits per heavy atom. The van der Waals surface area contributed by atoms with E-state index in [-0.39, 0.29) is 24.4 Å². The molecule has 2 amide bonds. The van der Waals surface area contributed by atoms with Crippen LogP contribution in [0.15, 0.2) is 46.9 Å². The zero-order chi connectivity index (χ0) is 20.1. The molecule has 0 radical (unpaired) electrons. The van der Waals surface area contributed by atoms with E-state index in [4.69, 9.17) is 12.2 Å². The van der Waals surface area contributed by atoms with Gasteiger partial charge in [0.2, 0.25) is 5.91 Å². The van der Waals surface area contributed by atoms with Crippen molar-refractivity contribution in [1.29, 1.82) is 0 Å². The van der Waals surface area contributed by atoms with Gasteiger partial charge in [-0.25, -0.2) is 0 Å². The van der Waals surface area contributed by atoms with Gasteiger partial charge in [0.05, 0.1) is 4.91 Å². The highest BCUT2D eigenvalue weighted by molar-refractivity contribution is 8.26. The van der Waals surface area contributed by atoms with Crippen molar-refractivity contribution in [2.75, 3.05) is 13.1 Å². The minimum Gasteiger partial charge on any atom is -0.338 e. The second-order valence-electron chi connectivity index (χ2n) is 7.21. The van der Waals surface area contributed by atoms with Crippen LogP contribution in [0.2, 0.25) is 0 Å². The van der Waals surface area contributed by atoms with Crippen LogP contribution in [0.1, 0.15) is 45.1 Å². The minimum absolute atomic E-state index is 0.000601. The zero-order valence-electron chi connectivity index (χ0n) is 16.4. The molecule has 2 heterocycles. The normalized spacial score (nSPS) is 22.3. The fourth-order valence-corrected chi connectivity index (χ4v) is 4.98. The van der Waals surface area contributed by atoms with Crippen molar-refractivity contribution in [3.8, 4) is 0 Å². The average molecular weight is 415 g/mol. The minimum atomic E-state index is -0.172. The molecule has 1 unspecified atom stereocenters. The molecule has 2 aliphatic rings. The van der Waals surface area contributed by atoms with Gasteiger partial charge in [0, 0.05) is 12.6 Å². The summed E-state index contributed by atoms with van der Waals surface area (Å²) in [7, 11) is 0. The van der Waals surface area contributed by atoms with Crippen LogP contribution in [-0.4, -0.2) is 45.1 Å². The number of thioether (sulfide) groups is 1. The molecule has 0 aromatic heterocycles. The maximum atomic E-state index is 12.8. The standard InChI is InChI=1S/C22H26N2O2S2/c1-3-18-11-7-8-12-23(18)20(25)15-24-21(26)19(28-22(24)27)14-16(2)13-17-9-5-4-6-10-17/h4-6,9-10,13-14,18H,3,7-8,11-12,15H2,1-2H3/b16-13+,19-14-. The van der Waals surface area contributed by atoms with Gasteiger partial charge in [0.25, 0.3) is 5.91 Å². The lowest BCUT2D eigenvalue weighted by Gasteiger charge is -2.36. The third-order valence-electron chi connectivity index (χ3n) is 5.14. The van der Waals surface area contributed by atoms with Crippen molar-refractivity contribution in [3.05, 3.63) is 52.4 Å². The fourth-order valence-electron chi connectivity index (χ4n) is 3.68. The number of rotatable bonds is 5. The Bertz CT molecular complexity index is 817. The number of thiocarbonyl (C=S) groups is 1. The SMILES string of the molecule is CCC1CCCCN1C(=O)CN1C(=O)/C(=C/C(C)=C/c2ccccc2)SC1=S. The summed E-state index contributed by atoms with van der Waals surface area (Å²) >= 11 is 6.67. The van der Waals surface area contributed by atoms with Gasteiger partial charge in [-0.1, -0.05) is 67.3 Å². The summed E-state index contributed by atoms with van der Waals surface area (Å²) in [5.74, 6) is -0.171. The number of allylic oxidation sites excluding steroid dienone is 2. The molecular formula is C22H26N2O2S2. The predicted octanol–water partition coefficient (Wildman–Crippen LogP) is 4.63. The van der Waals surface area contributed by atoms with Crippen molar-refractivity contribution in [1.82, 2.24) is 9.80 Å². The summed E-state index contributed by atoms with van der Waals surface area (Å²) in [5.41, 5.74) is 2.05. The fraction of sp³-hybridized carbons (Fsp3) is 0.409. The van der Waals surface area contributed by atoms with Crippen LogP contribution in [0, 0.1) is 0 Å². The quantitative estimate of drug-likeness (QED) is 0.520. The molecule has 0 spiro atoms. The molecule has 148 valence electrons. The van der Waals surface area contributed by atoms with Crippen molar-refractivity contribution in [3.63, 3.8) is 0 Å².